The van der Waals surface area contributed by atoms with Crippen molar-refractivity contribution in [2.75, 3.05) is 0 Å². The van der Waals surface area contributed by atoms with E-state index in [1.54, 1.807) is 0 Å². The molecular formula is C23H20O. The molecule has 0 fully saturated rings. The monoisotopic (exact) mass is 312 g/mol. The van der Waals surface area contributed by atoms with Gasteiger partial charge in [0.15, 0.2) is 5.78 Å². The van der Waals surface area contributed by atoms with Crippen LogP contribution in [-0.4, -0.2) is 5.78 Å². The number of hydrogen-bond donors (Lipinski definition) is 0. The summed E-state index contributed by atoms with van der Waals surface area (Å²) in [5.41, 5.74) is 6.23. The minimum atomic E-state index is 0.0561. The van der Waals surface area contributed by atoms with E-state index in [4.69, 9.17) is 0 Å². The Morgan fingerprint density at radius 2 is 0.917 bits per heavy atom. The maximum atomic E-state index is 12.5. The summed E-state index contributed by atoms with van der Waals surface area (Å²) in [7, 11) is 0. The van der Waals surface area contributed by atoms with Crippen molar-refractivity contribution in [3.8, 4) is 0 Å². The average Bonchev–Trinajstić information content (AvgIpc) is 2.63. The molecule has 0 spiro atoms. The molecule has 3 rings (SSSR count). The molecule has 0 atom stereocenters. The topological polar surface area (TPSA) is 17.1 Å². The van der Waals surface area contributed by atoms with Gasteiger partial charge < -0.3 is 0 Å². The summed E-state index contributed by atoms with van der Waals surface area (Å²) in [6.07, 6.45) is 0. The fourth-order valence-electron chi connectivity index (χ4n) is 2.89. The molecule has 118 valence electrons. The molecular weight excluding hydrogens is 292 g/mol. The van der Waals surface area contributed by atoms with Gasteiger partial charge in [-0.05, 0) is 30.5 Å². The fourth-order valence-corrected chi connectivity index (χ4v) is 2.89. The first kappa shape index (κ1) is 15.9. The fraction of sp³-hybridized carbons (Fsp3) is 0.0870. The summed E-state index contributed by atoms with van der Waals surface area (Å²) in [5, 5.41) is 0. The van der Waals surface area contributed by atoms with Crippen LogP contribution in [0.15, 0.2) is 90.5 Å². The van der Waals surface area contributed by atoms with Crippen molar-refractivity contribution in [1.82, 2.24) is 0 Å². The Kier molecular flexibility index (Phi) is 4.72. The Morgan fingerprint density at radius 1 is 0.542 bits per heavy atom. The van der Waals surface area contributed by atoms with E-state index in [-0.39, 0.29) is 5.78 Å². The first-order chi connectivity index (χ1) is 11.7. The summed E-state index contributed by atoms with van der Waals surface area (Å²) in [4.78, 5) is 12.5. The summed E-state index contributed by atoms with van der Waals surface area (Å²) in [6.45, 7) is 4.23. The van der Waals surface area contributed by atoms with Crippen molar-refractivity contribution in [2.45, 2.75) is 13.8 Å². The van der Waals surface area contributed by atoms with E-state index in [9.17, 15) is 4.79 Å². The van der Waals surface area contributed by atoms with E-state index in [1.807, 2.05) is 72.8 Å². The first-order valence-electron chi connectivity index (χ1n) is 8.10. The van der Waals surface area contributed by atoms with Crippen molar-refractivity contribution in [3.63, 3.8) is 0 Å². The third-order valence-corrected chi connectivity index (χ3v) is 4.03. The summed E-state index contributed by atoms with van der Waals surface area (Å²) in [6, 6.07) is 27.6. The van der Waals surface area contributed by atoms with Crippen LogP contribution in [0.3, 0.4) is 0 Å². The van der Waals surface area contributed by atoms with Gasteiger partial charge in [0.25, 0.3) is 0 Å². The van der Waals surface area contributed by atoms with Crippen molar-refractivity contribution < 1.29 is 4.79 Å². The second-order valence-electron chi connectivity index (χ2n) is 6.01. The molecule has 0 saturated heterocycles. The zero-order chi connectivity index (χ0) is 16.9. The summed E-state index contributed by atoms with van der Waals surface area (Å²) >= 11 is 0. The Bertz CT molecular complexity index is 853. The maximum Gasteiger partial charge on any atom is 0.193 e. The SMILES string of the molecule is CC(C)=C(c1ccccc1)c1ccc(C(=O)c2ccccc2)cc1. The minimum Gasteiger partial charge on any atom is -0.289 e. The molecule has 0 aliphatic heterocycles. The Morgan fingerprint density at radius 3 is 1.42 bits per heavy atom. The molecule has 0 saturated carbocycles. The van der Waals surface area contributed by atoms with Gasteiger partial charge >= 0.3 is 0 Å². The van der Waals surface area contributed by atoms with E-state index < -0.39 is 0 Å². The predicted octanol–water partition coefficient (Wildman–Crippen LogP) is 5.76. The van der Waals surface area contributed by atoms with Crippen LogP contribution >= 0.6 is 0 Å². The minimum absolute atomic E-state index is 0.0561. The van der Waals surface area contributed by atoms with Crippen LogP contribution in [0, 0.1) is 0 Å². The highest BCUT2D eigenvalue weighted by molar-refractivity contribution is 6.09. The van der Waals surface area contributed by atoms with Crippen molar-refractivity contribution in [2.24, 2.45) is 0 Å². The van der Waals surface area contributed by atoms with E-state index in [2.05, 4.69) is 26.0 Å². The number of carbonyl (C=O) groups excluding carboxylic acids is 1. The van der Waals surface area contributed by atoms with Crippen LogP contribution in [0.4, 0.5) is 0 Å². The third-order valence-electron chi connectivity index (χ3n) is 4.03. The third kappa shape index (κ3) is 3.36. The quantitative estimate of drug-likeness (QED) is 0.560. The molecule has 0 N–H and O–H groups in total. The molecule has 3 aromatic rings. The lowest BCUT2D eigenvalue weighted by atomic mass is 9.92. The summed E-state index contributed by atoms with van der Waals surface area (Å²) < 4.78 is 0. The number of ketones is 1. The molecule has 3 aromatic carbocycles. The standard InChI is InChI=1S/C23H20O/c1-17(2)22(18-9-5-3-6-10-18)19-13-15-21(16-14-19)23(24)20-11-7-4-8-12-20/h3-16H,1-2H3. The lowest BCUT2D eigenvalue weighted by molar-refractivity contribution is 0.103. The Balaban J connectivity index is 1.94. The molecule has 0 bridgehead atoms. The Labute approximate surface area is 143 Å². The number of carbonyl (C=O) groups is 1. The van der Waals surface area contributed by atoms with Crippen molar-refractivity contribution >= 4 is 11.4 Å². The van der Waals surface area contributed by atoms with Crippen LogP contribution in [0.2, 0.25) is 0 Å². The molecule has 0 aliphatic carbocycles. The molecule has 0 amide bonds. The molecule has 0 radical (unpaired) electrons. The van der Waals surface area contributed by atoms with Gasteiger partial charge in [-0.1, -0.05) is 90.5 Å². The smallest absolute Gasteiger partial charge is 0.193 e. The average molecular weight is 312 g/mol. The number of allylic oxidation sites excluding steroid dienone is 1. The van der Waals surface area contributed by atoms with Crippen LogP contribution < -0.4 is 0 Å². The largest absolute Gasteiger partial charge is 0.289 e. The zero-order valence-electron chi connectivity index (χ0n) is 14.0. The Hall–Kier alpha value is -2.93. The van der Waals surface area contributed by atoms with Crippen LogP contribution in [-0.2, 0) is 0 Å². The lowest BCUT2D eigenvalue weighted by Crippen LogP contribution is -2.01. The first-order valence-corrected chi connectivity index (χ1v) is 8.10. The van der Waals surface area contributed by atoms with Crippen LogP contribution in [0.1, 0.15) is 40.9 Å². The van der Waals surface area contributed by atoms with E-state index >= 15 is 0 Å². The van der Waals surface area contributed by atoms with Crippen molar-refractivity contribution in [1.29, 1.82) is 0 Å². The molecule has 24 heavy (non-hydrogen) atoms. The number of hydrogen-bond acceptors (Lipinski definition) is 1. The van der Waals surface area contributed by atoms with Crippen molar-refractivity contribution in [3.05, 3.63) is 113 Å². The zero-order valence-corrected chi connectivity index (χ0v) is 14.0. The molecule has 0 aliphatic rings. The second kappa shape index (κ2) is 7.10. The lowest BCUT2D eigenvalue weighted by Gasteiger charge is -2.12. The van der Waals surface area contributed by atoms with Gasteiger partial charge in [0, 0.05) is 11.1 Å². The summed E-state index contributed by atoms with van der Waals surface area (Å²) in [5.74, 6) is 0.0561. The molecule has 0 unspecified atom stereocenters. The normalized spacial score (nSPS) is 10.2. The maximum absolute atomic E-state index is 12.5. The van der Waals surface area contributed by atoms with E-state index in [0.717, 1.165) is 11.1 Å². The highest BCUT2D eigenvalue weighted by Gasteiger charge is 2.11. The van der Waals surface area contributed by atoms with Gasteiger partial charge in [-0.2, -0.15) is 0 Å². The van der Waals surface area contributed by atoms with Gasteiger partial charge in [-0.15, -0.1) is 0 Å². The van der Waals surface area contributed by atoms with Gasteiger partial charge in [-0.25, -0.2) is 0 Å². The highest BCUT2D eigenvalue weighted by Crippen LogP contribution is 2.27. The van der Waals surface area contributed by atoms with Crippen LogP contribution in [0.25, 0.3) is 5.57 Å². The highest BCUT2D eigenvalue weighted by atomic mass is 16.1. The number of rotatable bonds is 4. The van der Waals surface area contributed by atoms with Gasteiger partial charge in [0.1, 0.15) is 0 Å². The predicted molar refractivity (Wildman–Crippen MR) is 100 cm³/mol. The van der Waals surface area contributed by atoms with E-state index in [1.165, 1.54) is 16.7 Å². The van der Waals surface area contributed by atoms with E-state index in [0.29, 0.717) is 5.56 Å². The van der Waals surface area contributed by atoms with Gasteiger partial charge in [0.2, 0.25) is 0 Å². The molecule has 1 nitrogen and oxygen atoms in total. The molecule has 0 aromatic heterocycles. The van der Waals surface area contributed by atoms with Crippen LogP contribution in [0.5, 0.6) is 0 Å². The molecule has 1 heteroatoms. The molecule has 0 heterocycles. The number of benzene rings is 3. The van der Waals surface area contributed by atoms with Gasteiger partial charge in [0.05, 0.1) is 0 Å². The second-order valence-corrected chi connectivity index (χ2v) is 6.01. The van der Waals surface area contributed by atoms with Gasteiger partial charge in [-0.3, -0.25) is 4.79 Å².